The molecule has 1 aliphatic rings. The highest BCUT2D eigenvalue weighted by molar-refractivity contribution is 7.89. The summed E-state index contributed by atoms with van der Waals surface area (Å²) in [5.74, 6) is 1.34. The molecule has 0 amide bonds. The molecule has 1 aromatic rings. The Hall–Kier alpha value is -1.14. The molecule has 0 aromatic carbocycles. The van der Waals surface area contributed by atoms with Crippen LogP contribution >= 0.6 is 0 Å². The number of aryl methyl sites for hydroxylation is 1. The molecule has 0 spiro atoms. The topological polar surface area (TPSA) is 71.1 Å². The van der Waals surface area contributed by atoms with Gasteiger partial charge in [0.2, 0.25) is 10.0 Å². The molecule has 106 valence electrons. The van der Waals surface area contributed by atoms with Crippen molar-refractivity contribution < 1.29 is 8.42 Å². The van der Waals surface area contributed by atoms with Crippen molar-refractivity contribution in [3.8, 4) is 0 Å². The lowest BCUT2D eigenvalue weighted by Gasteiger charge is -2.25. The number of nitrogens with zero attached hydrogens (tertiary/aromatic N) is 1. The summed E-state index contributed by atoms with van der Waals surface area (Å²) < 4.78 is 26.2. The van der Waals surface area contributed by atoms with E-state index in [0.29, 0.717) is 24.8 Å². The van der Waals surface area contributed by atoms with Crippen LogP contribution in [0.4, 0.5) is 5.82 Å². The van der Waals surface area contributed by atoms with E-state index in [2.05, 4.69) is 15.0 Å². The number of hydrogen-bond donors (Lipinski definition) is 2. The third-order valence-electron chi connectivity index (χ3n) is 3.41. The van der Waals surface area contributed by atoms with E-state index < -0.39 is 10.0 Å². The van der Waals surface area contributed by atoms with Crippen LogP contribution in [-0.2, 0) is 10.0 Å². The highest BCUT2D eigenvalue weighted by Gasteiger charge is 2.19. The van der Waals surface area contributed by atoms with Crippen molar-refractivity contribution in [2.24, 2.45) is 5.92 Å². The van der Waals surface area contributed by atoms with Crippen molar-refractivity contribution in [1.29, 1.82) is 0 Å². The zero-order valence-corrected chi connectivity index (χ0v) is 12.0. The molecular formula is C13H21N3O2S. The minimum absolute atomic E-state index is 0.0787. The molecule has 1 aliphatic carbocycles. The summed E-state index contributed by atoms with van der Waals surface area (Å²) in [5, 5.41) is 3.03. The standard InChI is InChI=1S/C13H21N3O2S/c1-11-5-6-14-13(9-11)15-7-8-19(17,18)16-10-12-3-2-4-12/h5-6,9,12,16H,2-4,7-8,10H2,1H3,(H,14,15). The summed E-state index contributed by atoms with van der Waals surface area (Å²) in [4.78, 5) is 4.13. The lowest BCUT2D eigenvalue weighted by molar-refractivity contribution is 0.316. The van der Waals surface area contributed by atoms with Crippen LogP contribution in [-0.4, -0.2) is 32.2 Å². The molecule has 1 fully saturated rings. The summed E-state index contributed by atoms with van der Waals surface area (Å²) >= 11 is 0. The number of aromatic nitrogens is 1. The number of pyridine rings is 1. The summed E-state index contributed by atoms with van der Waals surface area (Å²) in [6.45, 7) is 2.94. The van der Waals surface area contributed by atoms with Gasteiger partial charge in [-0.3, -0.25) is 0 Å². The van der Waals surface area contributed by atoms with Crippen molar-refractivity contribution >= 4 is 15.8 Å². The minimum atomic E-state index is -3.17. The van der Waals surface area contributed by atoms with E-state index in [0.717, 1.165) is 18.4 Å². The van der Waals surface area contributed by atoms with E-state index >= 15 is 0 Å². The first-order chi connectivity index (χ1) is 9.05. The zero-order valence-electron chi connectivity index (χ0n) is 11.2. The maximum atomic E-state index is 11.8. The molecule has 1 aromatic heterocycles. The fourth-order valence-corrected chi connectivity index (χ4v) is 2.96. The van der Waals surface area contributed by atoms with Crippen molar-refractivity contribution in [3.63, 3.8) is 0 Å². The fourth-order valence-electron chi connectivity index (χ4n) is 1.96. The van der Waals surface area contributed by atoms with Gasteiger partial charge in [-0.05, 0) is 43.4 Å². The van der Waals surface area contributed by atoms with Crippen LogP contribution in [0, 0.1) is 12.8 Å². The minimum Gasteiger partial charge on any atom is -0.369 e. The molecule has 0 bridgehead atoms. The molecule has 0 unspecified atom stereocenters. The second-order valence-corrected chi connectivity index (χ2v) is 7.04. The van der Waals surface area contributed by atoms with Crippen LogP contribution in [0.1, 0.15) is 24.8 Å². The van der Waals surface area contributed by atoms with Crippen molar-refractivity contribution in [1.82, 2.24) is 9.71 Å². The lowest BCUT2D eigenvalue weighted by atomic mass is 9.86. The van der Waals surface area contributed by atoms with E-state index in [1.165, 1.54) is 6.42 Å². The quantitative estimate of drug-likeness (QED) is 0.796. The Kier molecular flexibility index (Phi) is 4.76. The molecule has 0 atom stereocenters. The van der Waals surface area contributed by atoms with Gasteiger partial charge in [0, 0.05) is 19.3 Å². The molecule has 6 heteroatoms. The van der Waals surface area contributed by atoms with Crippen LogP contribution in [0.5, 0.6) is 0 Å². The predicted octanol–water partition coefficient (Wildman–Crippen LogP) is 1.52. The van der Waals surface area contributed by atoms with Gasteiger partial charge < -0.3 is 5.32 Å². The Morgan fingerprint density at radius 3 is 2.84 bits per heavy atom. The molecule has 19 heavy (non-hydrogen) atoms. The van der Waals surface area contributed by atoms with E-state index in [1.807, 2.05) is 19.1 Å². The Balaban J connectivity index is 1.71. The average Bonchev–Trinajstić information content (AvgIpc) is 2.26. The molecule has 5 nitrogen and oxygen atoms in total. The number of sulfonamides is 1. The predicted molar refractivity (Wildman–Crippen MR) is 76.6 cm³/mol. The van der Waals surface area contributed by atoms with E-state index in [1.54, 1.807) is 6.20 Å². The second kappa shape index (κ2) is 6.34. The maximum Gasteiger partial charge on any atom is 0.213 e. The fraction of sp³-hybridized carbons (Fsp3) is 0.615. The smallest absolute Gasteiger partial charge is 0.213 e. The summed E-state index contributed by atoms with van der Waals surface area (Å²) in [5.41, 5.74) is 1.10. The molecule has 2 N–H and O–H groups in total. The Bertz CT molecular complexity index is 512. The monoisotopic (exact) mass is 283 g/mol. The van der Waals surface area contributed by atoms with Gasteiger partial charge in [0.05, 0.1) is 5.75 Å². The summed E-state index contributed by atoms with van der Waals surface area (Å²) in [6.07, 6.45) is 5.23. The van der Waals surface area contributed by atoms with E-state index in [9.17, 15) is 8.42 Å². The molecule has 2 rings (SSSR count). The van der Waals surface area contributed by atoms with Gasteiger partial charge in [-0.1, -0.05) is 6.42 Å². The van der Waals surface area contributed by atoms with Gasteiger partial charge in [-0.15, -0.1) is 0 Å². The van der Waals surface area contributed by atoms with Crippen molar-refractivity contribution in [2.45, 2.75) is 26.2 Å². The van der Waals surface area contributed by atoms with Crippen molar-refractivity contribution in [3.05, 3.63) is 23.9 Å². The van der Waals surface area contributed by atoms with Crippen LogP contribution in [0.25, 0.3) is 0 Å². The normalized spacial score (nSPS) is 16.1. The van der Waals surface area contributed by atoms with Gasteiger partial charge in [0.25, 0.3) is 0 Å². The van der Waals surface area contributed by atoms with Gasteiger partial charge >= 0.3 is 0 Å². The average molecular weight is 283 g/mol. The molecule has 0 saturated heterocycles. The first-order valence-electron chi connectivity index (χ1n) is 6.69. The zero-order chi connectivity index (χ0) is 13.7. The van der Waals surface area contributed by atoms with Crippen LogP contribution in [0.3, 0.4) is 0 Å². The number of nitrogens with one attached hydrogen (secondary N) is 2. The first-order valence-corrected chi connectivity index (χ1v) is 8.34. The number of hydrogen-bond acceptors (Lipinski definition) is 4. The Morgan fingerprint density at radius 1 is 1.42 bits per heavy atom. The van der Waals surface area contributed by atoms with Gasteiger partial charge in [0.1, 0.15) is 5.82 Å². The molecule has 0 radical (unpaired) electrons. The number of anilines is 1. The highest BCUT2D eigenvalue weighted by atomic mass is 32.2. The molecule has 1 heterocycles. The number of rotatable bonds is 7. The second-order valence-electron chi connectivity index (χ2n) is 5.11. The van der Waals surface area contributed by atoms with E-state index in [4.69, 9.17) is 0 Å². The molecule has 1 saturated carbocycles. The van der Waals surface area contributed by atoms with Gasteiger partial charge in [-0.2, -0.15) is 0 Å². The first kappa shape index (κ1) is 14.3. The largest absolute Gasteiger partial charge is 0.369 e. The SMILES string of the molecule is Cc1ccnc(NCCS(=O)(=O)NCC2CCC2)c1. The van der Waals surface area contributed by atoms with E-state index in [-0.39, 0.29) is 5.75 Å². The van der Waals surface area contributed by atoms with Gasteiger partial charge in [0.15, 0.2) is 0 Å². The van der Waals surface area contributed by atoms with Crippen LogP contribution in [0.15, 0.2) is 18.3 Å². The Morgan fingerprint density at radius 2 is 2.21 bits per heavy atom. The van der Waals surface area contributed by atoms with Crippen LogP contribution < -0.4 is 10.0 Å². The summed E-state index contributed by atoms with van der Waals surface area (Å²) in [7, 11) is -3.17. The van der Waals surface area contributed by atoms with Gasteiger partial charge in [-0.25, -0.2) is 18.1 Å². The third kappa shape index (κ3) is 4.80. The lowest BCUT2D eigenvalue weighted by Crippen LogP contribution is -2.35. The maximum absolute atomic E-state index is 11.8. The third-order valence-corrected chi connectivity index (χ3v) is 4.76. The molecule has 0 aliphatic heterocycles. The Labute approximate surface area is 114 Å². The molecular weight excluding hydrogens is 262 g/mol. The van der Waals surface area contributed by atoms with Crippen molar-refractivity contribution in [2.75, 3.05) is 24.2 Å². The summed E-state index contributed by atoms with van der Waals surface area (Å²) in [6, 6.07) is 3.80. The van der Waals surface area contributed by atoms with Crippen LogP contribution in [0.2, 0.25) is 0 Å². The highest BCUT2D eigenvalue weighted by Crippen LogP contribution is 2.25.